The van der Waals surface area contributed by atoms with Gasteiger partial charge in [0.1, 0.15) is 24.1 Å². The number of aryl methyl sites for hydroxylation is 1. The maximum Gasteiger partial charge on any atom is 0.410 e. The second-order valence-corrected chi connectivity index (χ2v) is 19.2. The third-order valence-electron chi connectivity index (χ3n) is 14.3. The lowest BCUT2D eigenvalue weighted by atomic mass is 9.73. The van der Waals surface area contributed by atoms with Crippen LogP contribution < -0.4 is 0 Å². The topological polar surface area (TPSA) is 194 Å². The van der Waals surface area contributed by atoms with E-state index in [0.717, 1.165) is 5.52 Å². The number of carbonyl (C=O) groups excluding carboxylic acids is 4. The number of ether oxygens (including phenoxy) is 6. The van der Waals surface area contributed by atoms with E-state index in [2.05, 4.69) is 20.9 Å². The largest absolute Gasteiger partial charge is 0.461 e. The first-order valence-corrected chi connectivity index (χ1v) is 23.6. The Labute approximate surface area is 394 Å². The number of terminal acetylenes is 1. The minimum atomic E-state index is -1.45. The van der Waals surface area contributed by atoms with Crippen LogP contribution in [-0.4, -0.2) is 146 Å². The molecule has 0 aliphatic carbocycles. The van der Waals surface area contributed by atoms with Gasteiger partial charge in [-0.15, -0.1) is 6.42 Å². The molecule has 366 valence electrons. The molecule has 0 aromatic carbocycles. The number of hydrogen-bond acceptors (Lipinski definition) is 15. The fourth-order valence-electron chi connectivity index (χ4n) is 10.7. The van der Waals surface area contributed by atoms with Crippen molar-refractivity contribution in [2.24, 2.45) is 23.7 Å². The van der Waals surface area contributed by atoms with Crippen molar-refractivity contribution in [3.63, 3.8) is 0 Å². The number of aliphatic hydroxyl groups is 1. The van der Waals surface area contributed by atoms with Crippen molar-refractivity contribution in [1.29, 1.82) is 0 Å². The zero-order chi connectivity index (χ0) is 48.8. The highest BCUT2D eigenvalue weighted by molar-refractivity contribution is 5.85. The fraction of sp³-hybridized carbons (Fsp3) is 0.660. The third-order valence-corrected chi connectivity index (χ3v) is 14.3. The normalized spacial score (nSPS) is 34.3. The Morgan fingerprint density at radius 3 is 2.43 bits per heavy atom. The van der Waals surface area contributed by atoms with Crippen LogP contribution in [0.2, 0.25) is 0 Å². The van der Waals surface area contributed by atoms with Gasteiger partial charge in [-0.3, -0.25) is 24.3 Å². The van der Waals surface area contributed by atoms with Crippen molar-refractivity contribution in [3.05, 3.63) is 54.7 Å². The van der Waals surface area contributed by atoms with Crippen molar-refractivity contribution in [2.45, 2.75) is 161 Å². The van der Waals surface area contributed by atoms with Gasteiger partial charge in [0.2, 0.25) is 0 Å². The summed E-state index contributed by atoms with van der Waals surface area (Å²) in [5.41, 5.74) is -0.766. The number of Topliss-reactive ketones (excluding diaryl/α,β-unsaturated/α-hetero) is 1. The zero-order valence-corrected chi connectivity index (χ0v) is 40.7. The average molecular weight is 931 g/mol. The second kappa shape index (κ2) is 22.0. The summed E-state index contributed by atoms with van der Waals surface area (Å²) in [6.45, 7) is 15.4. The number of nitrogens with zero attached hydrogens (tertiary/aromatic N) is 6. The van der Waals surface area contributed by atoms with E-state index in [1.54, 1.807) is 76.4 Å². The smallest absolute Gasteiger partial charge is 0.410 e. The Hall–Kier alpha value is -4.99. The quantitative estimate of drug-likeness (QED) is 0.0934. The van der Waals surface area contributed by atoms with Gasteiger partial charge in [0.25, 0.3) is 0 Å². The Bertz CT molecular complexity index is 2220. The van der Waals surface area contributed by atoms with Crippen LogP contribution in [0.3, 0.4) is 0 Å². The van der Waals surface area contributed by atoms with Gasteiger partial charge in [-0.2, -0.15) is 0 Å². The van der Waals surface area contributed by atoms with E-state index < -0.39 is 95.7 Å². The van der Waals surface area contributed by atoms with Crippen LogP contribution in [0.25, 0.3) is 11.2 Å². The van der Waals surface area contributed by atoms with Crippen molar-refractivity contribution >= 4 is 35.0 Å². The molecule has 3 aromatic rings. The molecule has 17 heteroatoms. The lowest BCUT2D eigenvalue weighted by Gasteiger charge is -2.48. The number of amides is 1. The standard InChI is InChI=1S/C50H70N6O11/c1-12-23-54(10)37-26-31(4)63-47(41(37)59)66-44-33(6)42(65-39(57)27-35-19-14-15-21-51-35)34(7)46(60)64-38(13-2)50(9)43(32(5)40(58)30(3)28-49(44,8)62-11)56(48(61)67-50)25-17-16-24-55-29-53-45-36(55)20-18-22-52-45/h1,14-15,18-22,29-34,37-38,41-44,47,59H,13,16-17,23-28H2,2-11H3/t30-,31+,32+,33+,34-,37-,38-,41+,42+,43-,44-,47-,49-,50-/m1/s1. The number of cyclic esters (lactones) is 1. The van der Waals surface area contributed by atoms with E-state index >= 15 is 4.79 Å². The molecule has 17 nitrogen and oxygen atoms in total. The first-order chi connectivity index (χ1) is 31.9. The van der Waals surface area contributed by atoms with E-state index in [0.29, 0.717) is 37.1 Å². The number of pyridine rings is 2. The average Bonchev–Trinajstić information content (AvgIpc) is 3.84. The van der Waals surface area contributed by atoms with Gasteiger partial charge in [0.05, 0.1) is 60.3 Å². The number of likely N-dealkylation sites (N-methyl/N-ethyl adjacent to an activating group) is 1. The van der Waals surface area contributed by atoms with Crippen LogP contribution in [0.4, 0.5) is 4.79 Å². The summed E-state index contributed by atoms with van der Waals surface area (Å²) in [6.07, 6.45) is 5.94. The minimum Gasteiger partial charge on any atom is -0.461 e. The molecule has 1 N–H and O–H groups in total. The van der Waals surface area contributed by atoms with Crippen LogP contribution in [-0.2, 0) is 55.8 Å². The van der Waals surface area contributed by atoms with Gasteiger partial charge in [-0.25, -0.2) is 14.8 Å². The van der Waals surface area contributed by atoms with Gasteiger partial charge in [-0.1, -0.05) is 39.7 Å². The van der Waals surface area contributed by atoms with E-state index in [4.69, 9.17) is 34.8 Å². The van der Waals surface area contributed by atoms with E-state index in [1.165, 1.54) is 7.11 Å². The van der Waals surface area contributed by atoms with Crippen molar-refractivity contribution in [3.8, 4) is 12.3 Å². The molecule has 0 unspecified atom stereocenters. The number of hydrogen-bond donors (Lipinski definition) is 1. The highest BCUT2D eigenvalue weighted by atomic mass is 16.7. The Kier molecular flexibility index (Phi) is 16.9. The van der Waals surface area contributed by atoms with Gasteiger partial charge in [0.15, 0.2) is 17.5 Å². The molecule has 6 rings (SSSR count). The molecule has 6 heterocycles. The number of aromatic nitrogens is 4. The molecule has 1 amide bonds. The number of unbranched alkanes of at least 4 members (excludes halogenated alkanes) is 1. The first kappa shape index (κ1) is 51.4. The summed E-state index contributed by atoms with van der Waals surface area (Å²) in [6, 6.07) is 7.75. The summed E-state index contributed by atoms with van der Waals surface area (Å²) in [5.74, 6) is -2.35. The number of fused-ring (bicyclic) bond motifs is 2. The molecule has 3 fully saturated rings. The highest BCUT2D eigenvalue weighted by Crippen LogP contribution is 2.44. The lowest BCUT2D eigenvalue weighted by Crippen LogP contribution is -2.61. The zero-order valence-electron chi connectivity index (χ0n) is 40.7. The van der Waals surface area contributed by atoms with Crippen molar-refractivity contribution in [2.75, 3.05) is 27.2 Å². The van der Waals surface area contributed by atoms with Gasteiger partial charge < -0.3 is 43.0 Å². The first-order valence-electron chi connectivity index (χ1n) is 23.6. The molecule has 3 aromatic heterocycles. The molecule has 0 saturated carbocycles. The van der Waals surface area contributed by atoms with E-state index in [9.17, 15) is 19.5 Å². The fourth-order valence-corrected chi connectivity index (χ4v) is 10.7. The minimum absolute atomic E-state index is 0.0943. The van der Waals surface area contributed by atoms with Crippen molar-refractivity contribution < 1.29 is 52.7 Å². The van der Waals surface area contributed by atoms with Crippen LogP contribution >= 0.6 is 0 Å². The molecule has 3 saturated heterocycles. The predicted molar refractivity (Wildman–Crippen MR) is 247 cm³/mol. The Morgan fingerprint density at radius 2 is 1.75 bits per heavy atom. The molecule has 0 bridgehead atoms. The van der Waals surface area contributed by atoms with Crippen LogP contribution in [0.15, 0.2) is 49.1 Å². The molecule has 67 heavy (non-hydrogen) atoms. The number of aliphatic hydroxyl groups excluding tert-OH is 1. The Balaban J connectivity index is 1.37. The van der Waals surface area contributed by atoms with Crippen LogP contribution in [0, 0.1) is 36.0 Å². The molecule has 0 radical (unpaired) electrons. The summed E-state index contributed by atoms with van der Waals surface area (Å²) in [4.78, 5) is 74.3. The number of methoxy groups -OCH3 is 1. The second-order valence-electron chi connectivity index (χ2n) is 19.2. The van der Waals surface area contributed by atoms with E-state index in [1.807, 2.05) is 49.4 Å². The highest BCUT2D eigenvalue weighted by Gasteiger charge is 2.60. The molecule has 14 atom stereocenters. The molecule has 3 aliphatic rings. The summed E-state index contributed by atoms with van der Waals surface area (Å²) in [7, 11) is 3.33. The van der Waals surface area contributed by atoms with E-state index in [-0.39, 0.29) is 44.2 Å². The third kappa shape index (κ3) is 11.2. The number of esters is 2. The van der Waals surface area contributed by atoms with Crippen LogP contribution in [0.1, 0.15) is 93.2 Å². The monoisotopic (exact) mass is 931 g/mol. The number of imidazole rings is 1. The maximum absolute atomic E-state index is 15.0. The maximum atomic E-state index is 15.0. The van der Waals surface area contributed by atoms with Gasteiger partial charge in [-0.05, 0) is 91.1 Å². The molecule has 0 spiro atoms. The lowest BCUT2D eigenvalue weighted by molar-refractivity contribution is -0.302. The molecule has 3 aliphatic heterocycles. The molecular formula is C50H70N6O11. The number of carbonyl (C=O) groups is 4. The van der Waals surface area contributed by atoms with Crippen LogP contribution in [0.5, 0.6) is 0 Å². The van der Waals surface area contributed by atoms with Crippen molar-refractivity contribution in [1.82, 2.24) is 29.3 Å². The predicted octanol–water partition coefficient (Wildman–Crippen LogP) is 5.40. The van der Waals surface area contributed by atoms with Gasteiger partial charge in [0, 0.05) is 56.4 Å². The number of ketones is 1. The molecular weight excluding hydrogens is 861 g/mol. The number of rotatable bonds is 14. The summed E-state index contributed by atoms with van der Waals surface area (Å²) < 4.78 is 40.6. The Morgan fingerprint density at radius 1 is 1.01 bits per heavy atom. The summed E-state index contributed by atoms with van der Waals surface area (Å²) >= 11 is 0. The van der Waals surface area contributed by atoms with Gasteiger partial charge >= 0.3 is 18.0 Å². The summed E-state index contributed by atoms with van der Waals surface area (Å²) in [5, 5.41) is 11.9. The SMILES string of the molecule is C#CCN(C)[C@@H]1C[C@H](C)O[C@H](O[C@@H]2[C@@H](C)[C@H](OC(=O)Cc3ccccn3)[C@@H](C)C(=O)O[C@H](CC)[C@@]3(C)OC(=O)N(CCCCn4cnc5ncccc54)[C@@H]3[C@@H](C)C(=O)[C@H](C)C[C@@]2(C)OC)[C@H]1O.